The Morgan fingerprint density at radius 3 is 2.64 bits per heavy atom. The van der Waals surface area contributed by atoms with Crippen molar-refractivity contribution in [2.24, 2.45) is 0 Å². The molecule has 1 amide bonds. The summed E-state index contributed by atoms with van der Waals surface area (Å²) in [7, 11) is 1.22. The van der Waals surface area contributed by atoms with E-state index in [1.165, 1.54) is 37.4 Å². The molecule has 0 fully saturated rings. The molecule has 1 aromatic heterocycles. The Morgan fingerprint density at radius 2 is 1.95 bits per heavy atom. The largest absolute Gasteiger partial charge is 0.465 e. The molecule has 0 radical (unpaired) electrons. The molecule has 1 N–H and O–H groups in total. The standard InChI is InChI=1S/C14H11F2NO4S/c1-20-13(19)11-9(6-7-22-11)17-12(18)8-4-2-3-5-10(8)21-14(15)16/h2-7,14H,1H3,(H,17,18). The van der Waals surface area contributed by atoms with Crippen LogP contribution in [-0.4, -0.2) is 25.6 Å². The van der Waals surface area contributed by atoms with Crippen LogP contribution in [0.15, 0.2) is 35.7 Å². The van der Waals surface area contributed by atoms with Crippen molar-refractivity contribution >= 4 is 28.9 Å². The van der Waals surface area contributed by atoms with E-state index >= 15 is 0 Å². The molecule has 8 heteroatoms. The Kier molecular flexibility index (Phi) is 5.05. The minimum absolute atomic E-state index is 0.0650. The van der Waals surface area contributed by atoms with Crippen LogP contribution in [0.2, 0.25) is 0 Å². The van der Waals surface area contributed by atoms with Crippen molar-refractivity contribution in [2.75, 3.05) is 12.4 Å². The molecular formula is C14H11F2NO4S. The smallest absolute Gasteiger partial charge is 0.387 e. The fourth-order valence-corrected chi connectivity index (χ4v) is 2.47. The van der Waals surface area contributed by atoms with Gasteiger partial charge in [-0.25, -0.2) is 4.79 Å². The Labute approximate surface area is 128 Å². The SMILES string of the molecule is COC(=O)c1sccc1NC(=O)c1ccccc1OC(F)F. The lowest BCUT2D eigenvalue weighted by atomic mass is 10.2. The summed E-state index contributed by atoms with van der Waals surface area (Å²) >= 11 is 1.09. The lowest BCUT2D eigenvalue weighted by Crippen LogP contribution is -2.16. The molecule has 5 nitrogen and oxygen atoms in total. The number of alkyl halides is 2. The molecule has 1 heterocycles. The minimum Gasteiger partial charge on any atom is -0.465 e. The number of hydrogen-bond donors (Lipinski definition) is 1. The van der Waals surface area contributed by atoms with Gasteiger partial charge in [0.2, 0.25) is 0 Å². The van der Waals surface area contributed by atoms with E-state index in [0.29, 0.717) is 0 Å². The second kappa shape index (κ2) is 6.99. The Bertz CT molecular complexity index is 687. The second-order valence-electron chi connectivity index (χ2n) is 3.98. The number of rotatable bonds is 5. The van der Waals surface area contributed by atoms with E-state index in [2.05, 4.69) is 14.8 Å². The van der Waals surface area contributed by atoms with Crippen LogP contribution in [0.5, 0.6) is 5.75 Å². The summed E-state index contributed by atoms with van der Waals surface area (Å²) in [6.45, 7) is -3.04. The fourth-order valence-electron chi connectivity index (χ4n) is 1.70. The van der Waals surface area contributed by atoms with Gasteiger partial charge < -0.3 is 14.8 Å². The molecule has 2 aromatic rings. The highest BCUT2D eigenvalue weighted by Gasteiger charge is 2.19. The number of esters is 1. The van der Waals surface area contributed by atoms with E-state index in [-0.39, 0.29) is 21.9 Å². The van der Waals surface area contributed by atoms with Gasteiger partial charge in [0.1, 0.15) is 10.6 Å². The van der Waals surface area contributed by atoms with Crippen LogP contribution in [0.4, 0.5) is 14.5 Å². The quantitative estimate of drug-likeness (QED) is 0.855. The normalized spacial score (nSPS) is 10.4. The average molecular weight is 327 g/mol. The molecule has 0 spiro atoms. The third-order valence-corrected chi connectivity index (χ3v) is 3.53. The van der Waals surface area contributed by atoms with Crippen molar-refractivity contribution in [1.82, 2.24) is 0 Å². The van der Waals surface area contributed by atoms with E-state index in [0.717, 1.165) is 11.3 Å². The summed E-state index contributed by atoms with van der Waals surface area (Å²) in [5.74, 6) is -1.51. The number of thiophene rings is 1. The van der Waals surface area contributed by atoms with Gasteiger partial charge in [0, 0.05) is 0 Å². The van der Waals surface area contributed by atoms with Crippen molar-refractivity contribution in [1.29, 1.82) is 0 Å². The second-order valence-corrected chi connectivity index (χ2v) is 4.90. The van der Waals surface area contributed by atoms with Gasteiger partial charge in [0.05, 0.1) is 18.4 Å². The predicted octanol–water partition coefficient (Wildman–Crippen LogP) is 3.39. The Morgan fingerprint density at radius 1 is 1.23 bits per heavy atom. The fraction of sp³-hybridized carbons (Fsp3) is 0.143. The van der Waals surface area contributed by atoms with Crippen molar-refractivity contribution in [2.45, 2.75) is 6.61 Å². The monoisotopic (exact) mass is 327 g/mol. The van der Waals surface area contributed by atoms with Gasteiger partial charge in [-0.2, -0.15) is 8.78 Å². The van der Waals surface area contributed by atoms with E-state index in [1.54, 1.807) is 5.38 Å². The van der Waals surface area contributed by atoms with Crippen molar-refractivity contribution in [3.63, 3.8) is 0 Å². The van der Waals surface area contributed by atoms with Gasteiger partial charge in [0.25, 0.3) is 5.91 Å². The summed E-state index contributed by atoms with van der Waals surface area (Å²) in [6, 6.07) is 7.11. The highest BCUT2D eigenvalue weighted by atomic mass is 32.1. The number of hydrogen-bond acceptors (Lipinski definition) is 5. The van der Waals surface area contributed by atoms with E-state index < -0.39 is 18.5 Å². The molecule has 0 atom stereocenters. The van der Waals surface area contributed by atoms with Gasteiger partial charge in [-0.05, 0) is 23.6 Å². The predicted molar refractivity (Wildman–Crippen MR) is 76.7 cm³/mol. The van der Waals surface area contributed by atoms with Crippen LogP contribution in [0.3, 0.4) is 0 Å². The van der Waals surface area contributed by atoms with Crippen LogP contribution in [0.1, 0.15) is 20.0 Å². The number of ether oxygens (including phenoxy) is 2. The highest BCUT2D eigenvalue weighted by Crippen LogP contribution is 2.26. The molecule has 0 unspecified atom stereocenters. The van der Waals surface area contributed by atoms with Crippen LogP contribution >= 0.6 is 11.3 Å². The number of carbonyl (C=O) groups is 2. The molecule has 1 aromatic carbocycles. The average Bonchev–Trinajstić information content (AvgIpc) is 2.94. The summed E-state index contributed by atoms with van der Waals surface area (Å²) < 4.78 is 33.6. The van der Waals surface area contributed by atoms with Gasteiger partial charge in [-0.3, -0.25) is 4.79 Å². The first-order valence-electron chi connectivity index (χ1n) is 6.04. The maximum atomic E-state index is 12.3. The molecule has 0 saturated carbocycles. The van der Waals surface area contributed by atoms with E-state index in [4.69, 9.17) is 0 Å². The molecule has 0 saturated heterocycles. The first kappa shape index (κ1) is 15.9. The number of amides is 1. The summed E-state index contributed by atoms with van der Waals surface area (Å²) in [5.41, 5.74) is 0.179. The molecule has 0 aliphatic carbocycles. The topological polar surface area (TPSA) is 64.6 Å². The van der Waals surface area contributed by atoms with Crippen LogP contribution in [0.25, 0.3) is 0 Å². The van der Waals surface area contributed by atoms with Crippen molar-refractivity contribution < 1.29 is 27.8 Å². The number of methoxy groups -OCH3 is 1. The summed E-state index contributed by atoms with van der Waals surface area (Å²) in [6.07, 6.45) is 0. The first-order valence-corrected chi connectivity index (χ1v) is 6.92. The Balaban J connectivity index is 2.23. The van der Waals surface area contributed by atoms with Gasteiger partial charge in [-0.15, -0.1) is 11.3 Å². The van der Waals surface area contributed by atoms with Gasteiger partial charge >= 0.3 is 12.6 Å². The minimum atomic E-state index is -3.04. The third-order valence-electron chi connectivity index (χ3n) is 2.63. The zero-order valence-corrected chi connectivity index (χ0v) is 12.2. The van der Waals surface area contributed by atoms with E-state index in [1.807, 2.05) is 0 Å². The number of benzene rings is 1. The number of anilines is 1. The van der Waals surface area contributed by atoms with Crippen LogP contribution in [-0.2, 0) is 4.74 Å². The number of halogens is 2. The molecule has 116 valence electrons. The van der Waals surface area contributed by atoms with Gasteiger partial charge in [0.15, 0.2) is 0 Å². The van der Waals surface area contributed by atoms with Gasteiger partial charge in [-0.1, -0.05) is 12.1 Å². The summed E-state index contributed by atoms with van der Waals surface area (Å²) in [4.78, 5) is 23.9. The zero-order valence-electron chi connectivity index (χ0n) is 11.3. The molecule has 2 rings (SSSR count). The van der Waals surface area contributed by atoms with Crippen molar-refractivity contribution in [3.05, 3.63) is 46.2 Å². The lowest BCUT2D eigenvalue weighted by molar-refractivity contribution is -0.0501. The molecule has 22 heavy (non-hydrogen) atoms. The molecule has 0 aliphatic rings. The maximum absolute atomic E-state index is 12.3. The van der Waals surface area contributed by atoms with Crippen LogP contribution < -0.4 is 10.1 Å². The molecular weight excluding hydrogens is 316 g/mol. The van der Waals surface area contributed by atoms with Crippen LogP contribution in [0, 0.1) is 0 Å². The number of carbonyl (C=O) groups excluding carboxylic acids is 2. The maximum Gasteiger partial charge on any atom is 0.387 e. The summed E-state index contributed by atoms with van der Waals surface area (Å²) in [5, 5.41) is 4.08. The number of para-hydroxylation sites is 1. The van der Waals surface area contributed by atoms with Crippen molar-refractivity contribution in [3.8, 4) is 5.75 Å². The Hall–Kier alpha value is -2.48. The number of nitrogens with one attached hydrogen (secondary N) is 1. The molecule has 0 bridgehead atoms. The van der Waals surface area contributed by atoms with E-state index in [9.17, 15) is 18.4 Å². The molecule has 0 aliphatic heterocycles. The lowest BCUT2D eigenvalue weighted by Gasteiger charge is -2.10. The highest BCUT2D eigenvalue weighted by molar-refractivity contribution is 7.12. The zero-order chi connectivity index (χ0) is 16.1. The third kappa shape index (κ3) is 3.59. The first-order chi connectivity index (χ1) is 10.5.